The summed E-state index contributed by atoms with van der Waals surface area (Å²) >= 11 is 3.35. The van der Waals surface area contributed by atoms with Crippen LogP contribution in [-0.2, 0) is 6.42 Å². The van der Waals surface area contributed by atoms with Crippen LogP contribution in [-0.4, -0.2) is 5.60 Å². The van der Waals surface area contributed by atoms with E-state index in [-0.39, 0.29) is 11.4 Å². The van der Waals surface area contributed by atoms with Crippen molar-refractivity contribution < 1.29 is 9.13 Å². The molecule has 0 N–H and O–H groups in total. The maximum atomic E-state index is 13.1. The first-order chi connectivity index (χ1) is 6.69. The van der Waals surface area contributed by atoms with Crippen LogP contribution in [0.25, 0.3) is 0 Å². The normalized spacial score (nSPS) is 21.6. The average molecular weight is 257 g/mol. The quantitative estimate of drug-likeness (QED) is 0.691. The van der Waals surface area contributed by atoms with Crippen LogP contribution >= 0.6 is 15.9 Å². The summed E-state index contributed by atoms with van der Waals surface area (Å²) in [5.41, 5.74) is 1.10. The highest BCUT2D eigenvalue weighted by molar-refractivity contribution is 9.10. The molecule has 1 aromatic carbocycles. The number of hydrogen-bond acceptors (Lipinski definition) is 1. The molecule has 1 fully saturated rings. The van der Waals surface area contributed by atoms with E-state index in [1.807, 2.05) is 0 Å². The summed E-state index contributed by atoms with van der Waals surface area (Å²) in [6.07, 6.45) is 4.27. The van der Waals surface area contributed by atoms with E-state index in [0.717, 1.165) is 41.5 Å². The standard InChI is InChI=1S/C11H10BrFO/c12-9-6-8(13)5-7-1-2-11(3-4-11)14-10(7)9/h5-6H,1-4H2. The molecule has 0 amide bonds. The zero-order chi connectivity index (χ0) is 9.76. The maximum Gasteiger partial charge on any atom is 0.137 e. The number of halogens is 2. The zero-order valence-corrected chi connectivity index (χ0v) is 9.23. The highest BCUT2D eigenvalue weighted by Gasteiger charge is 2.47. The van der Waals surface area contributed by atoms with Gasteiger partial charge in [-0.05, 0) is 59.3 Å². The van der Waals surface area contributed by atoms with E-state index in [2.05, 4.69) is 15.9 Å². The molecule has 0 saturated heterocycles. The van der Waals surface area contributed by atoms with Gasteiger partial charge in [-0.15, -0.1) is 0 Å². The Labute approximate surface area is 90.4 Å². The average Bonchev–Trinajstić information content (AvgIpc) is 2.87. The molecule has 1 aromatic rings. The zero-order valence-electron chi connectivity index (χ0n) is 7.65. The molecular formula is C11H10BrFO. The SMILES string of the molecule is Fc1cc(Br)c2c(c1)CCC1(CC1)O2. The second-order valence-electron chi connectivity index (χ2n) is 4.16. The van der Waals surface area contributed by atoms with Gasteiger partial charge in [-0.2, -0.15) is 0 Å². The Morgan fingerprint density at radius 2 is 2.07 bits per heavy atom. The Morgan fingerprint density at radius 1 is 1.29 bits per heavy atom. The smallest absolute Gasteiger partial charge is 0.137 e. The molecule has 1 spiro atoms. The van der Waals surface area contributed by atoms with Crippen molar-refractivity contribution in [1.82, 2.24) is 0 Å². The molecule has 14 heavy (non-hydrogen) atoms. The van der Waals surface area contributed by atoms with Crippen LogP contribution < -0.4 is 4.74 Å². The second kappa shape index (κ2) is 2.72. The highest BCUT2D eigenvalue weighted by atomic mass is 79.9. The highest BCUT2D eigenvalue weighted by Crippen LogP contribution is 2.50. The summed E-state index contributed by atoms with van der Waals surface area (Å²) in [7, 11) is 0. The summed E-state index contributed by atoms with van der Waals surface area (Å²) in [4.78, 5) is 0. The van der Waals surface area contributed by atoms with Gasteiger partial charge >= 0.3 is 0 Å². The lowest BCUT2D eigenvalue weighted by Crippen LogP contribution is -2.24. The lowest BCUT2D eigenvalue weighted by molar-refractivity contribution is 0.149. The Balaban J connectivity index is 2.07. The molecule has 1 aliphatic carbocycles. The van der Waals surface area contributed by atoms with Crippen LogP contribution in [0, 0.1) is 5.82 Å². The minimum atomic E-state index is -0.189. The molecule has 3 rings (SSSR count). The van der Waals surface area contributed by atoms with Crippen LogP contribution in [0.4, 0.5) is 4.39 Å². The van der Waals surface area contributed by atoms with E-state index in [0.29, 0.717) is 0 Å². The number of fused-ring (bicyclic) bond motifs is 1. The van der Waals surface area contributed by atoms with E-state index in [4.69, 9.17) is 4.74 Å². The Morgan fingerprint density at radius 3 is 2.79 bits per heavy atom. The van der Waals surface area contributed by atoms with E-state index in [1.54, 1.807) is 6.07 Å². The fraction of sp³-hybridized carbons (Fsp3) is 0.455. The molecule has 0 atom stereocenters. The molecular weight excluding hydrogens is 247 g/mol. The van der Waals surface area contributed by atoms with Crippen molar-refractivity contribution in [2.24, 2.45) is 0 Å². The van der Waals surface area contributed by atoms with E-state index >= 15 is 0 Å². The van der Waals surface area contributed by atoms with Gasteiger partial charge in [0.1, 0.15) is 17.2 Å². The lowest BCUT2D eigenvalue weighted by atomic mass is 10.0. The van der Waals surface area contributed by atoms with Gasteiger partial charge in [0.15, 0.2) is 0 Å². The molecule has 3 heteroatoms. The first-order valence-corrected chi connectivity index (χ1v) is 5.65. The van der Waals surface area contributed by atoms with Crippen molar-refractivity contribution in [3.05, 3.63) is 28.0 Å². The second-order valence-corrected chi connectivity index (χ2v) is 5.02. The van der Waals surface area contributed by atoms with Crippen molar-refractivity contribution in [3.63, 3.8) is 0 Å². The Hall–Kier alpha value is -0.570. The summed E-state index contributed by atoms with van der Waals surface area (Å²) in [5.74, 6) is 0.668. The summed E-state index contributed by atoms with van der Waals surface area (Å²) < 4.78 is 19.7. The fourth-order valence-electron chi connectivity index (χ4n) is 2.04. The van der Waals surface area contributed by atoms with E-state index < -0.39 is 0 Å². The third kappa shape index (κ3) is 1.26. The van der Waals surface area contributed by atoms with Crippen molar-refractivity contribution >= 4 is 15.9 Å². The van der Waals surface area contributed by atoms with Crippen LogP contribution in [0.3, 0.4) is 0 Å². The monoisotopic (exact) mass is 256 g/mol. The van der Waals surface area contributed by atoms with Gasteiger partial charge in [0.25, 0.3) is 0 Å². The number of ether oxygens (including phenoxy) is 1. The van der Waals surface area contributed by atoms with Crippen molar-refractivity contribution in [2.45, 2.75) is 31.3 Å². The number of hydrogen-bond donors (Lipinski definition) is 0. The molecule has 1 nitrogen and oxygen atoms in total. The first-order valence-electron chi connectivity index (χ1n) is 4.86. The number of aryl methyl sites for hydroxylation is 1. The van der Waals surface area contributed by atoms with Gasteiger partial charge in [-0.3, -0.25) is 0 Å². The molecule has 0 unspecified atom stereocenters. The molecule has 0 bridgehead atoms. The lowest BCUT2D eigenvalue weighted by Gasteiger charge is -2.26. The molecule has 1 aliphatic heterocycles. The minimum absolute atomic E-state index is 0.105. The first kappa shape index (κ1) is 8.72. The molecule has 0 aromatic heterocycles. The minimum Gasteiger partial charge on any atom is -0.486 e. The number of rotatable bonds is 0. The van der Waals surface area contributed by atoms with Gasteiger partial charge in [-0.25, -0.2) is 4.39 Å². The van der Waals surface area contributed by atoms with E-state index in [9.17, 15) is 4.39 Å². The molecule has 2 aliphatic rings. The third-order valence-electron chi connectivity index (χ3n) is 3.06. The van der Waals surface area contributed by atoms with Gasteiger partial charge in [0.2, 0.25) is 0 Å². The number of benzene rings is 1. The third-order valence-corrected chi connectivity index (χ3v) is 3.65. The van der Waals surface area contributed by atoms with Crippen molar-refractivity contribution in [3.8, 4) is 5.75 Å². The van der Waals surface area contributed by atoms with Crippen molar-refractivity contribution in [1.29, 1.82) is 0 Å². The van der Waals surface area contributed by atoms with Crippen LogP contribution in [0.2, 0.25) is 0 Å². The largest absolute Gasteiger partial charge is 0.486 e. The molecule has 0 radical (unpaired) electrons. The van der Waals surface area contributed by atoms with Gasteiger partial charge < -0.3 is 4.74 Å². The Bertz CT molecular complexity index is 399. The van der Waals surface area contributed by atoms with Crippen LogP contribution in [0.15, 0.2) is 16.6 Å². The van der Waals surface area contributed by atoms with Crippen LogP contribution in [0.1, 0.15) is 24.8 Å². The van der Waals surface area contributed by atoms with E-state index in [1.165, 1.54) is 6.07 Å². The summed E-state index contributed by atoms with van der Waals surface area (Å²) in [6, 6.07) is 3.05. The van der Waals surface area contributed by atoms with Gasteiger partial charge in [0, 0.05) is 0 Å². The van der Waals surface area contributed by atoms with Gasteiger partial charge in [-0.1, -0.05) is 0 Å². The topological polar surface area (TPSA) is 9.23 Å². The van der Waals surface area contributed by atoms with Crippen LogP contribution in [0.5, 0.6) is 5.75 Å². The summed E-state index contributed by atoms with van der Waals surface area (Å²) in [6.45, 7) is 0. The molecule has 1 heterocycles. The van der Waals surface area contributed by atoms with Gasteiger partial charge in [0.05, 0.1) is 4.47 Å². The molecule has 1 saturated carbocycles. The maximum absolute atomic E-state index is 13.1. The predicted octanol–water partition coefficient (Wildman–Crippen LogP) is 3.45. The fourth-order valence-corrected chi connectivity index (χ4v) is 2.59. The van der Waals surface area contributed by atoms with Crippen molar-refractivity contribution in [2.75, 3.05) is 0 Å². The Kier molecular flexibility index (Phi) is 1.69. The predicted molar refractivity (Wildman–Crippen MR) is 55.0 cm³/mol. The molecule has 74 valence electrons. The summed E-state index contributed by atoms with van der Waals surface area (Å²) in [5, 5.41) is 0.